The molecule has 1 aliphatic rings. The Balaban J connectivity index is 1.84. The van der Waals surface area contributed by atoms with Crippen molar-refractivity contribution in [3.8, 4) is 0 Å². The van der Waals surface area contributed by atoms with E-state index in [1.54, 1.807) is 12.3 Å². The monoisotopic (exact) mass is 348 g/mol. The zero-order valence-corrected chi connectivity index (χ0v) is 14.1. The third kappa shape index (κ3) is 3.79. The van der Waals surface area contributed by atoms with Crippen molar-refractivity contribution in [2.45, 2.75) is 13.5 Å². The molecule has 0 aromatic carbocycles. The first-order chi connectivity index (χ1) is 12.1. The molecule has 0 saturated carbocycles. The fraction of sp³-hybridized carbons (Fsp3) is 0.467. The van der Waals surface area contributed by atoms with Gasteiger partial charge in [0.05, 0.1) is 50.5 Å². The Hall–Kier alpha value is -2.88. The maximum atomic E-state index is 11.4. The van der Waals surface area contributed by atoms with Crippen molar-refractivity contribution in [3.05, 3.63) is 34.3 Å². The molecule has 3 rings (SSSR count). The number of nitrogens with zero attached hydrogens (tertiary/aromatic N) is 4. The fourth-order valence-corrected chi connectivity index (χ4v) is 2.90. The first-order valence-electron chi connectivity index (χ1n) is 8.25. The summed E-state index contributed by atoms with van der Waals surface area (Å²) in [5.41, 5.74) is 5.61. The second kappa shape index (κ2) is 7.34. The molecule has 0 unspecified atom stereocenters. The number of aromatic nitrogens is 2. The van der Waals surface area contributed by atoms with Gasteiger partial charge in [-0.1, -0.05) is 0 Å². The van der Waals surface area contributed by atoms with Crippen LogP contribution in [0.5, 0.6) is 0 Å². The number of nitrogens with two attached hydrogens (primary N) is 1. The third-order valence-corrected chi connectivity index (χ3v) is 4.35. The van der Waals surface area contributed by atoms with Gasteiger partial charge in [-0.05, 0) is 19.1 Å². The smallest absolute Gasteiger partial charge is 0.353 e. The van der Waals surface area contributed by atoms with E-state index in [0.29, 0.717) is 25.4 Å². The number of likely N-dealkylation sites (N-methyl/N-ethyl adjacent to an activating group) is 1. The van der Waals surface area contributed by atoms with Crippen LogP contribution in [0.1, 0.15) is 12.7 Å². The number of nitro groups is 1. The fourth-order valence-electron chi connectivity index (χ4n) is 2.90. The molecule has 0 radical (unpaired) electrons. The topological polar surface area (TPSA) is 128 Å². The molecule has 2 aromatic rings. The van der Waals surface area contributed by atoms with Gasteiger partial charge in [-0.2, -0.15) is 9.97 Å². The van der Waals surface area contributed by atoms with Gasteiger partial charge < -0.3 is 25.3 Å². The Morgan fingerprint density at radius 3 is 2.80 bits per heavy atom. The highest BCUT2D eigenvalue weighted by molar-refractivity contribution is 5.71. The van der Waals surface area contributed by atoms with Crippen LogP contribution in [-0.4, -0.2) is 47.6 Å². The Labute approximate surface area is 144 Å². The summed E-state index contributed by atoms with van der Waals surface area (Å²) in [7, 11) is 0. The summed E-state index contributed by atoms with van der Waals surface area (Å²) < 4.78 is 5.25. The van der Waals surface area contributed by atoms with Gasteiger partial charge in [0, 0.05) is 0 Å². The van der Waals surface area contributed by atoms with E-state index in [1.807, 2.05) is 11.0 Å². The van der Waals surface area contributed by atoms with Gasteiger partial charge in [-0.15, -0.1) is 0 Å². The number of hydrogen-bond acceptors (Lipinski definition) is 8. The lowest BCUT2D eigenvalue weighted by atomic mass is 10.3. The normalized spacial score (nSPS) is 15.3. The first-order valence-corrected chi connectivity index (χ1v) is 8.25. The molecule has 2 aromatic heterocycles. The predicted molar refractivity (Wildman–Crippen MR) is 92.6 cm³/mol. The highest BCUT2D eigenvalue weighted by Gasteiger charge is 2.30. The van der Waals surface area contributed by atoms with Gasteiger partial charge >= 0.3 is 5.69 Å². The molecule has 3 heterocycles. The third-order valence-electron chi connectivity index (χ3n) is 4.35. The minimum absolute atomic E-state index is 0.137. The summed E-state index contributed by atoms with van der Waals surface area (Å²) in [6.07, 6.45) is 1.57. The number of anilines is 3. The van der Waals surface area contributed by atoms with Crippen molar-refractivity contribution >= 4 is 23.3 Å². The molecule has 0 amide bonds. The molecule has 1 aliphatic heterocycles. The number of rotatable bonds is 6. The Bertz CT molecular complexity index is 727. The molecule has 10 nitrogen and oxygen atoms in total. The predicted octanol–water partition coefficient (Wildman–Crippen LogP) is -0.103. The molecule has 25 heavy (non-hydrogen) atoms. The van der Waals surface area contributed by atoms with Crippen LogP contribution >= 0.6 is 0 Å². The van der Waals surface area contributed by atoms with Crippen LogP contribution in [0.2, 0.25) is 0 Å². The minimum atomic E-state index is -0.514. The van der Waals surface area contributed by atoms with E-state index in [1.165, 1.54) is 4.90 Å². The summed E-state index contributed by atoms with van der Waals surface area (Å²) >= 11 is 0. The molecule has 0 atom stereocenters. The van der Waals surface area contributed by atoms with E-state index < -0.39 is 4.92 Å². The van der Waals surface area contributed by atoms with E-state index >= 15 is 0 Å². The molecule has 1 fully saturated rings. The molecule has 134 valence electrons. The number of furan rings is 1. The maximum Gasteiger partial charge on any atom is 0.353 e. The summed E-state index contributed by atoms with van der Waals surface area (Å²) in [6, 6.07) is 3.60. The van der Waals surface area contributed by atoms with E-state index in [9.17, 15) is 10.1 Å². The quantitative estimate of drug-likeness (QED) is 0.488. The van der Waals surface area contributed by atoms with E-state index in [0.717, 1.165) is 19.6 Å². The van der Waals surface area contributed by atoms with Gasteiger partial charge in [-0.25, -0.2) is 0 Å². The van der Waals surface area contributed by atoms with Crippen LogP contribution in [0.25, 0.3) is 0 Å². The van der Waals surface area contributed by atoms with Crippen molar-refractivity contribution in [1.82, 2.24) is 9.97 Å². The molecular formula is C15H22N7O3+. The number of quaternary nitrogens is 1. The maximum absolute atomic E-state index is 11.4. The van der Waals surface area contributed by atoms with Crippen molar-refractivity contribution in [1.29, 1.82) is 0 Å². The first kappa shape index (κ1) is 17.0. The van der Waals surface area contributed by atoms with Crippen molar-refractivity contribution < 1.29 is 14.2 Å². The molecule has 4 N–H and O–H groups in total. The van der Waals surface area contributed by atoms with Crippen molar-refractivity contribution in [2.24, 2.45) is 0 Å². The molecular weight excluding hydrogens is 326 g/mol. The highest BCUT2D eigenvalue weighted by atomic mass is 16.6. The van der Waals surface area contributed by atoms with Crippen molar-refractivity contribution in [2.75, 3.05) is 48.7 Å². The largest absolute Gasteiger partial charge is 0.467 e. The van der Waals surface area contributed by atoms with Crippen LogP contribution in [0.15, 0.2) is 22.8 Å². The molecule has 0 aliphatic carbocycles. The lowest BCUT2D eigenvalue weighted by molar-refractivity contribution is -0.898. The lowest BCUT2D eigenvalue weighted by Gasteiger charge is -2.32. The van der Waals surface area contributed by atoms with Crippen molar-refractivity contribution in [3.63, 3.8) is 0 Å². The Kier molecular flexibility index (Phi) is 4.98. The molecule has 1 saturated heterocycles. The van der Waals surface area contributed by atoms with Crippen LogP contribution in [0.3, 0.4) is 0 Å². The zero-order valence-electron chi connectivity index (χ0n) is 14.1. The summed E-state index contributed by atoms with van der Waals surface area (Å²) in [6.45, 7) is 6.75. The Morgan fingerprint density at radius 2 is 2.20 bits per heavy atom. The molecule has 10 heteroatoms. The standard InChI is InChI=1S/C15H21N7O3/c1-2-20-5-7-21(8-6-20)14-12(22(23)24)13(16)18-15(19-14)17-10-11-4-3-9-25-11/h3-4,9H,2,5-8,10H2,1H3,(H3,16,17,18,19)/p+1. The van der Waals surface area contributed by atoms with Crippen LogP contribution in [-0.2, 0) is 6.54 Å². The summed E-state index contributed by atoms with van der Waals surface area (Å²) in [5.74, 6) is 1.10. The van der Waals surface area contributed by atoms with Gasteiger partial charge in [0.25, 0.3) is 0 Å². The summed E-state index contributed by atoms with van der Waals surface area (Å²) in [4.78, 5) is 22.7. The highest BCUT2D eigenvalue weighted by Crippen LogP contribution is 2.32. The second-order valence-corrected chi connectivity index (χ2v) is 5.89. The number of piperazine rings is 1. The Morgan fingerprint density at radius 1 is 1.44 bits per heavy atom. The van der Waals surface area contributed by atoms with E-state index in [2.05, 4.69) is 22.2 Å². The SMILES string of the molecule is CC[NH+]1CCN(c2nc(NCc3ccco3)nc(N)c2[N+](=O)[O-])CC1. The average molecular weight is 348 g/mol. The molecule has 0 bridgehead atoms. The van der Waals surface area contributed by atoms with Crippen LogP contribution in [0.4, 0.5) is 23.3 Å². The average Bonchev–Trinajstić information content (AvgIpc) is 3.12. The van der Waals surface area contributed by atoms with Gasteiger partial charge in [0.2, 0.25) is 17.6 Å². The van der Waals surface area contributed by atoms with Gasteiger partial charge in [-0.3, -0.25) is 10.1 Å². The second-order valence-electron chi connectivity index (χ2n) is 5.89. The van der Waals surface area contributed by atoms with E-state index in [-0.39, 0.29) is 23.3 Å². The number of nitrogen functional groups attached to an aromatic ring is 1. The van der Waals surface area contributed by atoms with E-state index in [4.69, 9.17) is 10.2 Å². The lowest BCUT2D eigenvalue weighted by Crippen LogP contribution is -3.14. The van der Waals surface area contributed by atoms with Gasteiger partial charge in [0.15, 0.2) is 0 Å². The molecule has 0 spiro atoms. The number of nitrogens with one attached hydrogen (secondary N) is 2. The zero-order chi connectivity index (χ0) is 17.8. The van der Waals surface area contributed by atoms with Gasteiger partial charge in [0.1, 0.15) is 5.76 Å². The number of hydrogen-bond donors (Lipinski definition) is 3. The van der Waals surface area contributed by atoms with Crippen LogP contribution in [0, 0.1) is 10.1 Å². The minimum Gasteiger partial charge on any atom is -0.467 e. The van der Waals surface area contributed by atoms with Crippen LogP contribution < -0.4 is 20.9 Å². The summed E-state index contributed by atoms with van der Waals surface area (Å²) in [5, 5.41) is 14.4.